The van der Waals surface area contributed by atoms with Gasteiger partial charge in [0.2, 0.25) is 0 Å². The van der Waals surface area contributed by atoms with Crippen LogP contribution in [0.4, 0.5) is 11.4 Å². The Morgan fingerprint density at radius 1 is 1.05 bits per heavy atom. The van der Waals surface area contributed by atoms with Crippen LogP contribution in [0.15, 0.2) is 46.9 Å². The summed E-state index contributed by atoms with van der Waals surface area (Å²) in [5.41, 5.74) is 1.55. The van der Waals surface area contributed by atoms with E-state index in [-0.39, 0.29) is 0 Å². The predicted molar refractivity (Wildman–Crippen MR) is 90.4 cm³/mol. The Kier molecular flexibility index (Phi) is 5.05. The quantitative estimate of drug-likeness (QED) is 0.671. The minimum atomic E-state index is 0.447. The van der Waals surface area contributed by atoms with Crippen molar-refractivity contribution < 1.29 is 0 Å². The summed E-state index contributed by atoms with van der Waals surface area (Å²) < 4.78 is 0.973. The van der Waals surface area contributed by atoms with Gasteiger partial charge in [0.1, 0.15) is 0 Å². The molecule has 0 aliphatic carbocycles. The highest BCUT2D eigenvalue weighted by Gasteiger charge is 2.06. The Balaban J connectivity index is 2.08. The van der Waals surface area contributed by atoms with Gasteiger partial charge in [-0.25, -0.2) is 0 Å². The maximum absolute atomic E-state index is 6.08. The van der Waals surface area contributed by atoms with E-state index in [9.17, 15) is 0 Å². The van der Waals surface area contributed by atoms with E-state index in [2.05, 4.69) is 26.6 Å². The maximum atomic E-state index is 6.08. The molecular formula is C13H9BrCl2N2S. The van der Waals surface area contributed by atoms with Crippen molar-refractivity contribution in [3.8, 4) is 0 Å². The second kappa shape index (κ2) is 6.57. The molecule has 2 N–H and O–H groups in total. The molecule has 0 atom stereocenters. The number of rotatable bonds is 2. The van der Waals surface area contributed by atoms with Crippen LogP contribution >= 0.6 is 51.3 Å². The fourth-order valence-corrected chi connectivity index (χ4v) is 2.43. The summed E-state index contributed by atoms with van der Waals surface area (Å²) in [6, 6.07) is 13.0. The molecule has 0 saturated carbocycles. The lowest BCUT2D eigenvalue weighted by Crippen LogP contribution is -2.19. The van der Waals surface area contributed by atoms with Gasteiger partial charge in [-0.05, 0) is 42.5 Å². The second-order valence-electron chi connectivity index (χ2n) is 3.69. The third kappa shape index (κ3) is 4.08. The Morgan fingerprint density at radius 2 is 1.79 bits per heavy atom. The Morgan fingerprint density at radius 3 is 2.53 bits per heavy atom. The summed E-state index contributed by atoms with van der Waals surface area (Å²) in [5.74, 6) is 0. The fourth-order valence-electron chi connectivity index (χ4n) is 1.45. The first-order valence-electron chi connectivity index (χ1n) is 5.34. The summed E-state index contributed by atoms with van der Waals surface area (Å²) in [6.45, 7) is 0. The van der Waals surface area contributed by atoms with Crippen molar-refractivity contribution in [2.75, 3.05) is 10.6 Å². The Bertz CT molecular complexity index is 619. The van der Waals surface area contributed by atoms with Gasteiger partial charge < -0.3 is 10.6 Å². The van der Waals surface area contributed by atoms with Crippen LogP contribution in [0.3, 0.4) is 0 Å². The number of nitrogens with one attached hydrogen (secondary N) is 2. The molecule has 0 aromatic heterocycles. The average molecular weight is 376 g/mol. The molecule has 0 bridgehead atoms. The number of hydrogen-bond acceptors (Lipinski definition) is 1. The number of hydrogen-bond donors (Lipinski definition) is 2. The van der Waals surface area contributed by atoms with Crippen molar-refractivity contribution in [2.45, 2.75) is 0 Å². The van der Waals surface area contributed by atoms with E-state index in [1.165, 1.54) is 0 Å². The largest absolute Gasteiger partial charge is 0.332 e. The molecular weight excluding hydrogens is 367 g/mol. The van der Waals surface area contributed by atoms with Gasteiger partial charge in [0.15, 0.2) is 5.11 Å². The minimum absolute atomic E-state index is 0.447. The topological polar surface area (TPSA) is 24.1 Å². The predicted octanol–water partition coefficient (Wildman–Crippen LogP) is 5.56. The van der Waals surface area contributed by atoms with Crippen LogP contribution in [0.1, 0.15) is 0 Å². The number of thiocarbonyl (C=S) groups is 1. The maximum Gasteiger partial charge on any atom is 0.175 e. The molecule has 0 aliphatic rings. The summed E-state index contributed by atoms with van der Waals surface area (Å²) in [6.07, 6.45) is 0. The van der Waals surface area contributed by atoms with Gasteiger partial charge in [-0.3, -0.25) is 0 Å². The first-order valence-corrected chi connectivity index (χ1v) is 7.29. The van der Waals surface area contributed by atoms with Crippen molar-refractivity contribution in [2.24, 2.45) is 0 Å². The normalized spacial score (nSPS) is 10.1. The van der Waals surface area contributed by atoms with E-state index in [1.807, 2.05) is 30.3 Å². The fraction of sp³-hybridized carbons (Fsp3) is 0. The van der Waals surface area contributed by atoms with Crippen LogP contribution in [0.2, 0.25) is 10.0 Å². The van der Waals surface area contributed by atoms with Gasteiger partial charge in [0.05, 0.1) is 15.7 Å². The SMILES string of the molecule is S=C(Nc1cccc(Br)c1)Nc1cccc(Cl)c1Cl. The molecule has 2 rings (SSSR count). The molecule has 2 aromatic carbocycles. The summed E-state index contributed by atoms with van der Waals surface area (Å²) in [5, 5.41) is 7.45. The molecule has 0 radical (unpaired) electrons. The molecule has 0 fully saturated rings. The standard InChI is InChI=1S/C13H9BrCl2N2S/c14-8-3-1-4-9(7-8)17-13(19)18-11-6-2-5-10(15)12(11)16/h1-7H,(H2,17,18,19). The molecule has 98 valence electrons. The summed E-state index contributed by atoms with van der Waals surface area (Å²) in [7, 11) is 0. The highest BCUT2D eigenvalue weighted by atomic mass is 79.9. The Hall–Kier alpha value is -0.810. The third-order valence-corrected chi connectivity index (χ3v) is 3.80. The monoisotopic (exact) mass is 374 g/mol. The molecule has 6 heteroatoms. The van der Waals surface area contributed by atoms with Crippen molar-refractivity contribution in [1.29, 1.82) is 0 Å². The van der Waals surface area contributed by atoms with Crippen LogP contribution in [0.25, 0.3) is 0 Å². The second-order valence-corrected chi connectivity index (χ2v) is 5.80. The molecule has 0 aliphatic heterocycles. The van der Waals surface area contributed by atoms with Crippen LogP contribution in [0.5, 0.6) is 0 Å². The third-order valence-electron chi connectivity index (χ3n) is 2.28. The zero-order chi connectivity index (χ0) is 13.8. The lowest BCUT2D eigenvalue weighted by atomic mass is 10.3. The van der Waals surface area contributed by atoms with Crippen molar-refractivity contribution in [3.05, 3.63) is 57.0 Å². The van der Waals surface area contributed by atoms with E-state index in [0.717, 1.165) is 10.2 Å². The molecule has 0 spiro atoms. The number of halogens is 3. The Labute approximate surface area is 135 Å². The lowest BCUT2D eigenvalue weighted by molar-refractivity contribution is 1.58. The van der Waals surface area contributed by atoms with Crippen LogP contribution < -0.4 is 10.6 Å². The molecule has 0 amide bonds. The minimum Gasteiger partial charge on any atom is -0.332 e. The summed E-state index contributed by atoms with van der Waals surface area (Å²) >= 11 is 20.6. The van der Waals surface area contributed by atoms with Crippen LogP contribution in [0, 0.1) is 0 Å². The van der Waals surface area contributed by atoms with E-state index < -0.39 is 0 Å². The molecule has 2 nitrogen and oxygen atoms in total. The van der Waals surface area contributed by atoms with E-state index in [0.29, 0.717) is 20.8 Å². The van der Waals surface area contributed by atoms with Crippen molar-refractivity contribution >= 4 is 67.8 Å². The van der Waals surface area contributed by atoms with Gasteiger partial charge >= 0.3 is 0 Å². The van der Waals surface area contributed by atoms with Gasteiger partial charge in [0.25, 0.3) is 0 Å². The van der Waals surface area contributed by atoms with Gasteiger partial charge in [-0.1, -0.05) is 51.3 Å². The molecule has 0 heterocycles. The van der Waals surface area contributed by atoms with Crippen molar-refractivity contribution in [1.82, 2.24) is 0 Å². The number of anilines is 2. The molecule has 0 unspecified atom stereocenters. The lowest BCUT2D eigenvalue weighted by Gasteiger charge is -2.12. The zero-order valence-corrected chi connectivity index (χ0v) is 13.5. The van der Waals surface area contributed by atoms with E-state index >= 15 is 0 Å². The first kappa shape index (κ1) is 14.6. The van der Waals surface area contributed by atoms with E-state index in [1.54, 1.807) is 12.1 Å². The number of benzene rings is 2. The average Bonchev–Trinajstić information content (AvgIpc) is 2.35. The molecule has 2 aromatic rings. The van der Waals surface area contributed by atoms with Gasteiger partial charge in [-0.15, -0.1) is 0 Å². The molecule has 19 heavy (non-hydrogen) atoms. The zero-order valence-electron chi connectivity index (χ0n) is 9.58. The summed E-state index contributed by atoms with van der Waals surface area (Å²) in [4.78, 5) is 0. The highest BCUT2D eigenvalue weighted by molar-refractivity contribution is 9.10. The molecule has 0 saturated heterocycles. The van der Waals surface area contributed by atoms with Gasteiger partial charge in [-0.2, -0.15) is 0 Å². The van der Waals surface area contributed by atoms with E-state index in [4.69, 9.17) is 35.4 Å². The highest BCUT2D eigenvalue weighted by Crippen LogP contribution is 2.29. The first-order chi connectivity index (χ1) is 9.06. The van der Waals surface area contributed by atoms with Crippen LogP contribution in [-0.2, 0) is 0 Å². The van der Waals surface area contributed by atoms with Crippen molar-refractivity contribution in [3.63, 3.8) is 0 Å². The van der Waals surface area contributed by atoms with Crippen LogP contribution in [-0.4, -0.2) is 5.11 Å². The van der Waals surface area contributed by atoms with Gasteiger partial charge in [0, 0.05) is 10.2 Å². The smallest absolute Gasteiger partial charge is 0.175 e.